The predicted molar refractivity (Wildman–Crippen MR) is 97.9 cm³/mol. The van der Waals surface area contributed by atoms with Gasteiger partial charge in [0.2, 0.25) is 6.29 Å². The van der Waals surface area contributed by atoms with Crippen molar-refractivity contribution in [3.05, 3.63) is 60.4 Å². The van der Waals surface area contributed by atoms with Gasteiger partial charge in [-0.15, -0.1) is 0 Å². The molecule has 1 fully saturated rings. The Morgan fingerprint density at radius 2 is 1.67 bits per heavy atom. The fourth-order valence-corrected chi connectivity index (χ4v) is 2.81. The summed E-state index contributed by atoms with van der Waals surface area (Å²) in [5, 5.41) is 20.6. The van der Waals surface area contributed by atoms with Crippen LogP contribution in [0.1, 0.15) is 6.92 Å². The first-order valence-corrected chi connectivity index (χ1v) is 8.72. The lowest BCUT2D eigenvalue weighted by atomic mass is 10.00. The van der Waals surface area contributed by atoms with Crippen molar-refractivity contribution in [3.63, 3.8) is 0 Å². The number of hydrogen-bond acceptors (Lipinski definition) is 7. The van der Waals surface area contributed by atoms with Gasteiger partial charge >= 0.3 is 5.24 Å². The Bertz CT molecular complexity index is 757. The standard InChI is InChI=1S/C19H19FO6S/c1-11-15(21)17(26-19(27)25-13-5-3-2-4-6-13)16(22)18(23-11)24-14-9-7-12(20)8-10-14/h2-11,15-18,21-22H,1H3/t11-,15-,16+,17+,18-/m0/s1. The van der Waals surface area contributed by atoms with Crippen LogP contribution in [0.5, 0.6) is 11.5 Å². The van der Waals surface area contributed by atoms with E-state index in [1.54, 1.807) is 31.2 Å². The van der Waals surface area contributed by atoms with Gasteiger partial charge < -0.3 is 29.2 Å². The topological polar surface area (TPSA) is 77.4 Å². The molecule has 0 saturated carbocycles. The lowest BCUT2D eigenvalue weighted by Crippen LogP contribution is -2.59. The second-order valence-corrected chi connectivity index (χ2v) is 6.34. The van der Waals surface area contributed by atoms with Gasteiger partial charge in [0.05, 0.1) is 6.10 Å². The molecule has 27 heavy (non-hydrogen) atoms. The molecule has 2 aromatic rings. The van der Waals surface area contributed by atoms with Crippen LogP contribution < -0.4 is 9.47 Å². The zero-order chi connectivity index (χ0) is 19.4. The maximum atomic E-state index is 13.0. The van der Waals surface area contributed by atoms with E-state index >= 15 is 0 Å². The first-order chi connectivity index (χ1) is 12.9. The summed E-state index contributed by atoms with van der Waals surface area (Å²) in [6, 6.07) is 14.0. The molecule has 1 aliphatic rings. The van der Waals surface area contributed by atoms with Gasteiger partial charge in [-0.25, -0.2) is 4.39 Å². The maximum Gasteiger partial charge on any atom is 0.358 e. The smallest absolute Gasteiger partial charge is 0.358 e. The highest BCUT2D eigenvalue weighted by atomic mass is 32.1. The molecule has 8 heteroatoms. The van der Waals surface area contributed by atoms with Crippen LogP contribution in [0.2, 0.25) is 0 Å². The number of ether oxygens (including phenoxy) is 4. The molecule has 5 atom stereocenters. The van der Waals surface area contributed by atoms with Crippen LogP contribution in [0, 0.1) is 5.82 Å². The van der Waals surface area contributed by atoms with Crippen LogP contribution in [0.15, 0.2) is 54.6 Å². The molecule has 0 spiro atoms. The van der Waals surface area contributed by atoms with E-state index in [1.807, 2.05) is 6.07 Å². The van der Waals surface area contributed by atoms with Crippen molar-refractivity contribution >= 4 is 17.5 Å². The molecule has 0 unspecified atom stereocenters. The molecule has 0 aliphatic carbocycles. The minimum atomic E-state index is -1.36. The van der Waals surface area contributed by atoms with E-state index in [1.165, 1.54) is 24.3 Å². The average molecular weight is 394 g/mol. The molecule has 0 bridgehead atoms. The second-order valence-electron chi connectivity index (χ2n) is 6.01. The largest absolute Gasteiger partial charge is 0.462 e. The highest BCUT2D eigenvalue weighted by Gasteiger charge is 2.46. The van der Waals surface area contributed by atoms with E-state index in [4.69, 9.17) is 31.2 Å². The summed E-state index contributed by atoms with van der Waals surface area (Å²) in [7, 11) is 0. The van der Waals surface area contributed by atoms with Crippen molar-refractivity contribution in [2.75, 3.05) is 0 Å². The third-order valence-electron chi connectivity index (χ3n) is 4.02. The minimum Gasteiger partial charge on any atom is -0.462 e. The molecule has 0 amide bonds. The highest BCUT2D eigenvalue weighted by molar-refractivity contribution is 7.79. The first-order valence-electron chi connectivity index (χ1n) is 8.31. The molecule has 144 valence electrons. The Labute approximate surface area is 161 Å². The number of para-hydroxylation sites is 1. The van der Waals surface area contributed by atoms with E-state index in [-0.39, 0.29) is 5.24 Å². The third-order valence-corrected chi connectivity index (χ3v) is 4.20. The summed E-state index contributed by atoms with van der Waals surface area (Å²) in [5.41, 5.74) is 0. The normalized spacial score (nSPS) is 27.6. The van der Waals surface area contributed by atoms with Crippen molar-refractivity contribution in [1.82, 2.24) is 0 Å². The SMILES string of the molecule is C[C@@H]1O[C@@H](Oc2ccc(F)cc2)[C@H](O)[C@H](OC(=S)Oc2ccccc2)[C@H]1O. The van der Waals surface area contributed by atoms with Gasteiger partial charge in [-0.3, -0.25) is 0 Å². The molecule has 3 rings (SSSR count). The van der Waals surface area contributed by atoms with Gasteiger partial charge in [0.25, 0.3) is 0 Å². The van der Waals surface area contributed by atoms with Crippen LogP contribution in [-0.4, -0.2) is 46.2 Å². The highest BCUT2D eigenvalue weighted by Crippen LogP contribution is 2.26. The lowest BCUT2D eigenvalue weighted by molar-refractivity contribution is -0.266. The van der Waals surface area contributed by atoms with Crippen molar-refractivity contribution in [2.24, 2.45) is 0 Å². The van der Waals surface area contributed by atoms with E-state index in [9.17, 15) is 14.6 Å². The Morgan fingerprint density at radius 1 is 1.00 bits per heavy atom. The molecule has 6 nitrogen and oxygen atoms in total. The Kier molecular flexibility index (Phi) is 6.22. The minimum absolute atomic E-state index is 0.251. The average Bonchev–Trinajstić information content (AvgIpc) is 2.66. The van der Waals surface area contributed by atoms with Crippen molar-refractivity contribution in [1.29, 1.82) is 0 Å². The van der Waals surface area contributed by atoms with E-state index in [2.05, 4.69) is 0 Å². The van der Waals surface area contributed by atoms with Crippen LogP contribution in [-0.2, 0) is 9.47 Å². The van der Waals surface area contributed by atoms with Gasteiger partial charge in [-0.2, -0.15) is 0 Å². The number of rotatable bonds is 4. The summed E-state index contributed by atoms with van der Waals surface area (Å²) in [6.45, 7) is 1.61. The van der Waals surface area contributed by atoms with Gasteiger partial charge in [-0.1, -0.05) is 18.2 Å². The van der Waals surface area contributed by atoms with E-state index < -0.39 is 36.5 Å². The monoisotopic (exact) mass is 394 g/mol. The number of aliphatic hydroxyl groups is 2. The Morgan fingerprint density at radius 3 is 2.33 bits per heavy atom. The van der Waals surface area contributed by atoms with E-state index in [0.29, 0.717) is 11.5 Å². The summed E-state index contributed by atoms with van der Waals surface area (Å²) in [6.07, 6.45) is -5.50. The fraction of sp³-hybridized carbons (Fsp3) is 0.316. The summed E-state index contributed by atoms with van der Waals surface area (Å²) < 4.78 is 34.9. The molecular weight excluding hydrogens is 375 g/mol. The van der Waals surface area contributed by atoms with Crippen LogP contribution in [0.4, 0.5) is 4.39 Å². The molecule has 1 saturated heterocycles. The maximum absolute atomic E-state index is 13.0. The zero-order valence-electron chi connectivity index (χ0n) is 14.4. The van der Waals surface area contributed by atoms with Crippen molar-refractivity contribution in [3.8, 4) is 11.5 Å². The summed E-state index contributed by atoms with van der Waals surface area (Å²) >= 11 is 5.05. The van der Waals surface area contributed by atoms with Crippen LogP contribution >= 0.6 is 12.2 Å². The van der Waals surface area contributed by atoms with Gasteiger partial charge in [-0.05, 0) is 43.3 Å². The van der Waals surface area contributed by atoms with Gasteiger partial charge in [0, 0.05) is 12.2 Å². The number of benzene rings is 2. The number of thiocarbonyl (C=S) groups is 1. The molecule has 2 aromatic carbocycles. The second kappa shape index (κ2) is 8.62. The molecule has 2 N–H and O–H groups in total. The lowest BCUT2D eigenvalue weighted by Gasteiger charge is -2.40. The van der Waals surface area contributed by atoms with Crippen molar-refractivity contribution in [2.45, 2.75) is 37.6 Å². The molecule has 1 heterocycles. The third kappa shape index (κ3) is 4.92. The molecule has 0 radical (unpaired) electrons. The molecular formula is C19H19FO6S. The number of aliphatic hydroxyl groups excluding tert-OH is 2. The number of hydrogen-bond donors (Lipinski definition) is 2. The quantitative estimate of drug-likeness (QED) is 0.771. The first kappa shape index (κ1) is 19.5. The van der Waals surface area contributed by atoms with Gasteiger partial charge in [0.1, 0.15) is 23.4 Å². The number of halogens is 1. The van der Waals surface area contributed by atoms with E-state index in [0.717, 1.165) is 0 Å². The summed E-state index contributed by atoms with van der Waals surface area (Å²) in [5.74, 6) is 0.345. The van der Waals surface area contributed by atoms with Gasteiger partial charge in [0.15, 0.2) is 12.2 Å². The van der Waals surface area contributed by atoms with Crippen LogP contribution in [0.25, 0.3) is 0 Å². The summed E-state index contributed by atoms with van der Waals surface area (Å²) in [4.78, 5) is 0. The zero-order valence-corrected chi connectivity index (χ0v) is 15.2. The van der Waals surface area contributed by atoms with Crippen LogP contribution in [0.3, 0.4) is 0 Å². The molecule has 0 aromatic heterocycles. The fourth-order valence-electron chi connectivity index (χ4n) is 2.60. The predicted octanol–water partition coefficient (Wildman–Crippen LogP) is 2.42. The molecule has 1 aliphatic heterocycles. The Hall–Kier alpha value is -2.26. The van der Waals surface area contributed by atoms with Crippen molar-refractivity contribution < 1.29 is 33.6 Å². The Balaban J connectivity index is 1.67.